The average molecular weight is 381 g/mol. The smallest absolute Gasteiger partial charge is 0.320 e. The van der Waals surface area contributed by atoms with Gasteiger partial charge in [-0.25, -0.2) is 22.0 Å². The van der Waals surface area contributed by atoms with Crippen LogP contribution in [0.4, 0.5) is 19.3 Å². The van der Waals surface area contributed by atoms with Gasteiger partial charge >= 0.3 is 6.03 Å². The molecule has 1 aliphatic rings. The average Bonchev–Trinajstić information content (AvgIpc) is 2.80. The molecule has 2 aromatic carbocycles. The standard InChI is InChI=1S/C16H13F2N3O4S/c1-16(14(22)19-15(23)20-16)9-2-5-11(6-3-9)21-26(24,25)13-7-4-10(17)8-12(13)18/h2-8,21H,1H3,(H2,19,20,22,23)/t16-/m0/s1. The molecule has 3 rings (SSSR count). The fraction of sp³-hybridized carbons (Fsp3) is 0.125. The van der Waals surface area contributed by atoms with Gasteiger partial charge in [0.1, 0.15) is 22.1 Å². The Morgan fingerprint density at radius 3 is 2.23 bits per heavy atom. The van der Waals surface area contributed by atoms with Crippen LogP contribution in [0, 0.1) is 11.6 Å². The van der Waals surface area contributed by atoms with E-state index < -0.39 is 44.0 Å². The van der Waals surface area contributed by atoms with Crippen LogP contribution in [-0.2, 0) is 20.4 Å². The third-order valence-electron chi connectivity index (χ3n) is 3.94. The molecule has 0 aliphatic carbocycles. The van der Waals surface area contributed by atoms with Gasteiger partial charge in [0.2, 0.25) is 0 Å². The Bertz CT molecular complexity index is 1010. The third-order valence-corrected chi connectivity index (χ3v) is 5.36. The molecule has 1 atom stereocenters. The summed E-state index contributed by atoms with van der Waals surface area (Å²) in [6.45, 7) is 1.50. The van der Waals surface area contributed by atoms with Crippen molar-refractivity contribution in [1.82, 2.24) is 10.6 Å². The van der Waals surface area contributed by atoms with E-state index in [0.29, 0.717) is 11.6 Å². The van der Waals surface area contributed by atoms with E-state index in [1.807, 2.05) is 0 Å². The molecule has 0 aromatic heterocycles. The van der Waals surface area contributed by atoms with Gasteiger partial charge in [0, 0.05) is 11.8 Å². The van der Waals surface area contributed by atoms with E-state index in [9.17, 15) is 26.8 Å². The van der Waals surface area contributed by atoms with E-state index >= 15 is 0 Å². The van der Waals surface area contributed by atoms with Crippen molar-refractivity contribution < 1.29 is 26.8 Å². The minimum Gasteiger partial charge on any atom is -0.320 e. The van der Waals surface area contributed by atoms with Gasteiger partial charge in [-0.1, -0.05) is 12.1 Å². The molecule has 3 N–H and O–H groups in total. The quantitative estimate of drug-likeness (QED) is 0.703. The number of urea groups is 1. The largest absolute Gasteiger partial charge is 0.322 e. The Labute approximate surface area is 147 Å². The number of amides is 3. The lowest BCUT2D eigenvalue weighted by Crippen LogP contribution is -2.40. The summed E-state index contributed by atoms with van der Waals surface area (Å²) in [6.07, 6.45) is 0. The van der Waals surface area contributed by atoms with Crippen LogP contribution in [-0.4, -0.2) is 20.4 Å². The number of rotatable bonds is 4. The van der Waals surface area contributed by atoms with E-state index in [1.54, 1.807) is 0 Å². The van der Waals surface area contributed by atoms with Gasteiger partial charge in [0.05, 0.1) is 0 Å². The van der Waals surface area contributed by atoms with E-state index in [0.717, 1.165) is 12.1 Å². The molecule has 3 amide bonds. The fourth-order valence-corrected chi connectivity index (χ4v) is 3.64. The summed E-state index contributed by atoms with van der Waals surface area (Å²) >= 11 is 0. The van der Waals surface area contributed by atoms with Gasteiger partial charge in [-0.3, -0.25) is 14.8 Å². The zero-order valence-electron chi connectivity index (χ0n) is 13.3. The second kappa shape index (κ2) is 6.06. The Morgan fingerprint density at radius 1 is 1.04 bits per heavy atom. The number of anilines is 1. The molecular weight excluding hydrogens is 368 g/mol. The Morgan fingerprint density at radius 2 is 1.69 bits per heavy atom. The normalized spacial score (nSPS) is 19.8. The highest BCUT2D eigenvalue weighted by Gasteiger charge is 2.43. The Balaban J connectivity index is 1.85. The molecule has 0 spiro atoms. The summed E-state index contributed by atoms with van der Waals surface area (Å²) in [5.74, 6) is -2.65. The first-order valence-corrected chi connectivity index (χ1v) is 8.82. The summed E-state index contributed by atoms with van der Waals surface area (Å²) in [5.41, 5.74) is -0.750. The lowest BCUT2D eigenvalue weighted by molar-refractivity contribution is -0.123. The van der Waals surface area contributed by atoms with E-state index in [2.05, 4.69) is 15.4 Å². The van der Waals surface area contributed by atoms with Gasteiger partial charge in [0.25, 0.3) is 15.9 Å². The number of hydrogen-bond donors (Lipinski definition) is 3. The van der Waals surface area contributed by atoms with Crippen molar-refractivity contribution in [1.29, 1.82) is 0 Å². The molecule has 1 fully saturated rings. The number of imide groups is 1. The van der Waals surface area contributed by atoms with E-state index in [4.69, 9.17) is 0 Å². The number of carbonyl (C=O) groups is 2. The first-order valence-electron chi connectivity index (χ1n) is 7.34. The highest BCUT2D eigenvalue weighted by Crippen LogP contribution is 2.26. The van der Waals surface area contributed by atoms with Crippen LogP contribution in [0.25, 0.3) is 0 Å². The predicted molar refractivity (Wildman–Crippen MR) is 87.6 cm³/mol. The summed E-state index contributed by atoms with van der Waals surface area (Å²) in [4.78, 5) is 22.5. The number of carbonyl (C=O) groups excluding carboxylic acids is 2. The molecule has 1 heterocycles. The minimum atomic E-state index is -4.27. The molecule has 2 aromatic rings. The Kier molecular flexibility index (Phi) is 4.15. The number of benzene rings is 2. The van der Waals surface area contributed by atoms with Crippen LogP contribution in [0.1, 0.15) is 12.5 Å². The van der Waals surface area contributed by atoms with Crippen LogP contribution in [0.5, 0.6) is 0 Å². The molecule has 0 saturated carbocycles. The number of hydrogen-bond acceptors (Lipinski definition) is 4. The molecule has 1 aliphatic heterocycles. The maximum Gasteiger partial charge on any atom is 0.322 e. The molecule has 10 heteroatoms. The van der Waals surface area contributed by atoms with Gasteiger partial charge < -0.3 is 5.32 Å². The van der Waals surface area contributed by atoms with Crippen molar-refractivity contribution in [2.45, 2.75) is 17.4 Å². The highest BCUT2D eigenvalue weighted by molar-refractivity contribution is 7.92. The summed E-state index contributed by atoms with van der Waals surface area (Å²) < 4.78 is 53.3. The summed E-state index contributed by atoms with van der Waals surface area (Å²) in [7, 11) is -4.27. The monoisotopic (exact) mass is 381 g/mol. The summed E-state index contributed by atoms with van der Waals surface area (Å²) in [6, 6.07) is 7.11. The molecule has 136 valence electrons. The van der Waals surface area contributed by atoms with Crippen LogP contribution in [0.15, 0.2) is 47.4 Å². The van der Waals surface area contributed by atoms with Crippen LogP contribution >= 0.6 is 0 Å². The van der Waals surface area contributed by atoms with Gasteiger partial charge in [0.15, 0.2) is 0 Å². The van der Waals surface area contributed by atoms with Crippen molar-refractivity contribution >= 4 is 27.6 Å². The number of sulfonamides is 1. The topological polar surface area (TPSA) is 104 Å². The molecule has 1 saturated heterocycles. The number of halogens is 2. The zero-order valence-corrected chi connectivity index (χ0v) is 14.2. The SMILES string of the molecule is C[C@@]1(c2ccc(NS(=O)(=O)c3ccc(F)cc3F)cc2)NC(=O)NC1=O. The second-order valence-electron chi connectivity index (χ2n) is 5.79. The van der Waals surface area contributed by atoms with E-state index in [-0.39, 0.29) is 5.69 Å². The highest BCUT2D eigenvalue weighted by atomic mass is 32.2. The first-order chi connectivity index (χ1) is 12.1. The van der Waals surface area contributed by atoms with Crippen LogP contribution < -0.4 is 15.4 Å². The van der Waals surface area contributed by atoms with Crippen molar-refractivity contribution in [3.8, 4) is 0 Å². The summed E-state index contributed by atoms with van der Waals surface area (Å²) in [5, 5.41) is 4.60. The predicted octanol–water partition coefficient (Wildman–Crippen LogP) is 1.82. The first kappa shape index (κ1) is 17.8. The minimum absolute atomic E-state index is 0.103. The number of nitrogens with one attached hydrogen (secondary N) is 3. The van der Waals surface area contributed by atoms with Gasteiger partial charge in [-0.15, -0.1) is 0 Å². The van der Waals surface area contributed by atoms with Gasteiger partial charge in [-0.2, -0.15) is 0 Å². The van der Waals surface area contributed by atoms with Crippen LogP contribution in [0.3, 0.4) is 0 Å². The van der Waals surface area contributed by atoms with Crippen molar-refractivity contribution in [2.24, 2.45) is 0 Å². The van der Waals surface area contributed by atoms with Gasteiger partial charge in [-0.05, 0) is 36.8 Å². The lowest BCUT2D eigenvalue weighted by atomic mass is 9.92. The molecule has 0 bridgehead atoms. The second-order valence-corrected chi connectivity index (χ2v) is 7.44. The van der Waals surface area contributed by atoms with Crippen molar-refractivity contribution in [3.63, 3.8) is 0 Å². The zero-order chi connectivity index (χ0) is 19.1. The molecule has 26 heavy (non-hydrogen) atoms. The maximum atomic E-state index is 13.7. The lowest BCUT2D eigenvalue weighted by Gasteiger charge is -2.21. The molecule has 0 radical (unpaired) electrons. The third kappa shape index (κ3) is 3.10. The fourth-order valence-electron chi connectivity index (χ4n) is 2.52. The molecular formula is C16H13F2N3O4S. The Hall–Kier alpha value is -3.01. The molecule has 7 nitrogen and oxygen atoms in total. The van der Waals surface area contributed by atoms with Crippen LogP contribution in [0.2, 0.25) is 0 Å². The van der Waals surface area contributed by atoms with E-state index in [1.165, 1.54) is 31.2 Å². The van der Waals surface area contributed by atoms with Crippen molar-refractivity contribution in [3.05, 3.63) is 59.7 Å². The maximum absolute atomic E-state index is 13.7. The van der Waals surface area contributed by atoms with Crippen molar-refractivity contribution in [2.75, 3.05) is 4.72 Å². The molecule has 0 unspecified atom stereocenters.